The topological polar surface area (TPSA) is 43.4 Å². The molecule has 0 radical (unpaired) electrons. The van der Waals surface area contributed by atoms with Gasteiger partial charge in [0.2, 0.25) is 0 Å². The summed E-state index contributed by atoms with van der Waals surface area (Å²) < 4.78 is 25.7. The van der Waals surface area contributed by atoms with Crippen molar-refractivity contribution in [2.24, 2.45) is 0 Å². The lowest BCUT2D eigenvalue weighted by molar-refractivity contribution is 0.289. The molecule has 0 atom stereocenters. The van der Waals surface area contributed by atoms with Crippen LogP contribution in [-0.2, 0) is 9.31 Å². The van der Waals surface area contributed by atoms with Gasteiger partial charge in [-0.05, 0) is 83.6 Å². The maximum Gasteiger partial charge on any atom is 0.501 e. The van der Waals surface area contributed by atoms with Crippen LogP contribution in [0.4, 0.5) is 34.1 Å². The third-order valence-corrected chi connectivity index (χ3v) is 10.3. The standard InChI is InChI=1S/C52H41BN2O4/c1-56-53(57-2)52-50(58-44-34-38-20-15-17-30-46(38)48(36-44)54(40-22-7-3-8-23-40)41-24-9-4-10-25-41)32-19-33-51(52)59-45-35-39-21-16-18-31-47(39)49(37-45)55(42-26-11-5-12-27-42)43-28-13-6-14-29-43/h3-37H,1-2H3. The second kappa shape index (κ2) is 17.0. The molecule has 6 nitrogen and oxygen atoms in total. The summed E-state index contributed by atoms with van der Waals surface area (Å²) in [5.41, 5.74) is 6.70. The quantitative estimate of drug-likeness (QED) is 0.109. The van der Waals surface area contributed by atoms with Crippen LogP contribution in [0.2, 0.25) is 0 Å². The van der Waals surface area contributed by atoms with Crippen molar-refractivity contribution in [2.45, 2.75) is 0 Å². The van der Waals surface area contributed by atoms with Gasteiger partial charge < -0.3 is 28.6 Å². The van der Waals surface area contributed by atoms with E-state index in [0.29, 0.717) is 28.5 Å². The Labute approximate surface area is 345 Å². The smallest absolute Gasteiger partial charge is 0.457 e. The largest absolute Gasteiger partial charge is 0.501 e. The number of ether oxygens (including phenoxy) is 2. The summed E-state index contributed by atoms with van der Waals surface area (Å²) in [6.07, 6.45) is 0. The molecular formula is C52H41BN2O4. The van der Waals surface area contributed by atoms with E-state index in [9.17, 15) is 0 Å². The lowest BCUT2D eigenvalue weighted by Crippen LogP contribution is -2.36. The van der Waals surface area contributed by atoms with E-state index in [1.807, 2.05) is 54.6 Å². The Kier molecular flexibility index (Phi) is 10.8. The fourth-order valence-electron chi connectivity index (χ4n) is 7.70. The van der Waals surface area contributed by atoms with Crippen LogP contribution in [0, 0.1) is 0 Å². The summed E-state index contributed by atoms with van der Waals surface area (Å²) >= 11 is 0. The normalized spacial score (nSPS) is 11.0. The van der Waals surface area contributed by atoms with E-state index < -0.39 is 7.12 Å². The molecule has 0 aromatic heterocycles. The van der Waals surface area contributed by atoms with Gasteiger partial charge in [-0.1, -0.05) is 127 Å². The van der Waals surface area contributed by atoms with E-state index in [4.69, 9.17) is 18.8 Å². The first-order chi connectivity index (χ1) is 29.2. The summed E-state index contributed by atoms with van der Waals surface area (Å²) in [7, 11) is 2.44. The zero-order valence-electron chi connectivity index (χ0n) is 32.8. The molecule has 0 bridgehead atoms. The zero-order valence-corrected chi connectivity index (χ0v) is 32.8. The highest BCUT2D eigenvalue weighted by atomic mass is 16.6. The highest BCUT2D eigenvalue weighted by molar-refractivity contribution is 6.63. The van der Waals surface area contributed by atoms with Crippen molar-refractivity contribution in [3.05, 3.63) is 212 Å². The predicted molar refractivity (Wildman–Crippen MR) is 243 cm³/mol. The fourth-order valence-corrected chi connectivity index (χ4v) is 7.70. The highest BCUT2D eigenvalue weighted by Crippen LogP contribution is 2.44. The van der Waals surface area contributed by atoms with Gasteiger partial charge in [0.25, 0.3) is 0 Å². The molecule has 9 rings (SSSR count). The average molecular weight is 769 g/mol. The van der Waals surface area contributed by atoms with Crippen LogP contribution in [0.25, 0.3) is 21.5 Å². The Morgan fingerprint density at radius 1 is 0.356 bits per heavy atom. The van der Waals surface area contributed by atoms with E-state index in [-0.39, 0.29) is 0 Å². The molecule has 0 spiro atoms. The number of hydrogen-bond acceptors (Lipinski definition) is 6. The molecule has 59 heavy (non-hydrogen) atoms. The molecule has 0 N–H and O–H groups in total. The molecule has 0 heterocycles. The van der Waals surface area contributed by atoms with Gasteiger partial charge in [0.15, 0.2) is 0 Å². The summed E-state index contributed by atoms with van der Waals surface area (Å²) in [6, 6.07) is 72.4. The first kappa shape index (κ1) is 37.3. The van der Waals surface area contributed by atoms with Crippen molar-refractivity contribution in [1.82, 2.24) is 0 Å². The molecule has 9 aromatic carbocycles. The van der Waals surface area contributed by atoms with Crippen LogP contribution in [0.1, 0.15) is 0 Å². The minimum atomic E-state index is -0.795. The van der Waals surface area contributed by atoms with Crippen LogP contribution in [0.5, 0.6) is 23.0 Å². The van der Waals surface area contributed by atoms with E-state index >= 15 is 0 Å². The Balaban J connectivity index is 1.16. The van der Waals surface area contributed by atoms with Crippen molar-refractivity contribution in [2.75, 3.05) is 24.0 Å². The third kappa shape index (κ3) is 7.73. The maximum absolute atomic E-state index is 6.92. The summed E-state index contributed by atoms with van der Waals surface area (Å²) in [4.78, 5) is 4.52. The number of nitrogens with zero attached hydrogens (tertiary/aromatic N) is 2. The molecule has 0 aliphatic heterocycles. The van der Waals surface area contributed by atoms with Crippen molar-refractivity contribution in [1.29, 1.82) is 0 Å². The van der Waals surface area contributed by atoms with Crippen LogP contribution in [-0.4, -0.2) is 21.3 Å². The molecule has 286 valence electrons. The van der Waals surface area contributed by atoms with Gasteiger partial charge in [0, 0.05) is 59.9 Å². The second-order valence-electron chi connectivity index (χ2n) is 14.0. The Bertz CT molecular complexity index is 2550. The summed E-state index contributed by atoms with van der Waals surface area (Å²) in [5.74, 6) is 2.38. The molecule has 0 amide bonds. The van der Waals surface area contributed by atoms with Crippen LogP contribution in [0.15, 0.2) is 212 Å². The molecule has 0 saturated carbocycles. The number of para-hydroxylation sites is 4. The summed E-state index contributed by atoms with van der Waals surface area (Å²) in [5, 5.41) is 4.24. The molecule has 0 unspecified atom stereocenters. The predicted octanol–water partition coefficient (Wildman–Crippen LogP) is 13.5. The lowest BCUT2D eigenvalue weighted by Gasteiger charge is -2.28. The lowest BCUT2D eigenvalue weighted by atomic mass is 9.77. The third-order valence-electron chi connectivity index (χ3n) is 10.3. The van der Waals surface area contributed by atoms with Crippen molar-refractivity contribution in [3.8, 4) is 23.0 Å². The second-order valence-corrected chi connectivity index (χ2v) is 14.0. The number of anilines is 6. The SMILES string of the molecule is COB(OC)c1c(Oc2cc(N(c3ccccc3)c3ccccc3)c3ccccc3c2)cccc1Oc1cc(N(c2ccccc2)c2ccccc2)c2ccccc2c1. The average Bonchev–Trinajstić information content (AvgIpc) is 3.29. The first-order valence-corrected chi connectivity index (χ1v) is 19.6. The van der Waals surface area contributed by atoms with Crippen molar-refractivity contribution < 1.29 is 18.8 Å². The fraction of sp³-hybridized carbons (Fsp3) is 0.0385. The molecule has 9 aromatic rings. The minimum Gasteiger partial charge on any atom is -0.457 e. The Morgan fingerprint density at radius 3 is 1.05 bits per heavy atom. The van der Waals surface area contributed by atoms with E-state index in [1.165, 1.54) is 0 Å². The van der Waals surface area contributed by atoms with E-state index in [0.717, 1.165) is 55.7 Å². The minimum absolute atomic E-state index is 0.541. The van der Waals surface area contributed by atoms with Crippen molar-refractivity contribution in [3.63, 3.8) is 0 Å². The van der Waals surface area contributed by atoms with E-state index in [2.05, 4.69) is 168 Å². The van der Waals surface area contributed by atoms with E-state index in [1.54, 1.807) is 14.2 Å². The molecule has 0 aliphatic carbocycles. The van der Waals surface area contributed by atoms with Gasteiger partial charge in [0.1, 0.15) is 23.0 Å². The van der Waals surface area contributed by atoms with Gasteiger partial charge >= 0.3 is 7.12 Å². The monoisotopic (exact) mass is 768 g/mol. The number of rotatable bonds is 13. The molecule has 7 heteroatoms. The zero-order chi connectivity index (χ0) is 40.0. The number of fused-ring (bicyclic) bond motifs is 2. The van der Waals surface area contributed by atoms with Crippen LogP contribution < -0.4 is 24.7 Å². The molecular weight excluding hydrogens is 727 g/mol. The van der Waals surface area contributed by atoms with Gasteiger partial charge in [-0.25, -0.2) is 0 Å². The van der Waals surface area contributed by atoms with Gasteiger partial charge in [0.05, 0.1) is 16.8 Å². The molecule has 0 fully saturated rings. The number of hydrogen-bond donors (Lipinski definition) is 0. The van der Waals surface area contributed by atoms with Gasteiger partial charge in [-0.15, -0.1) is 0 Å². The number of benzene rings is 9. The molecule has 0 saturated heterocycles. The Hall–Kier alpha value is -7.32. The van der Waals surface area contributed by atoms with Crippen LogP contribution in [0.3, 0.4) is 0 Å². The van der Waals surface area contributed by atoms with Crippen LogP contribution >= 0.6 is 0 Å². The highest BCUT2D eigenvalue weighted by Gasteiger charge is 2.29. The maximum atomic E-state index is 6.92. The summed E-state index contributed by atoms with van der Waals surface area (Å²) in [6.45, 7) is 0. The van der Waals surface area contributed by atoms with Crippen molar-refractivity contribution >= 4 is 68.3 Å². The first-order valence-electron chi connectivity index (χ1n) is 19.6. The van der Waals surface area contributed by atoms with Gasteiger partial charge in [-0.2, -0.15) is 0 Å². The van der Waals surface area contributed by atoms with Gasteiger partial charge in [-0.3, -0.25) is 0 Å². The Morgan fingerprint density at radius 2 is 0.695 bits per heavy atom. The molecule has 0 aliphatic rings.